The Hall–Kier alpha value is -4.64. The van der Waals surface area contributed by atoms with Crippen LogP contribution in [0.2, 0.25) is 0 Å². The normalized spacial score (nSPS) is 11.0. The smallest absolute Gasteiger partial charge is 0.258 e. The average molecular weight is 532 g/mol. The quantitative estimate of drug-likeness (QED) is 0.183. The number of carbonyl (C=O) groups excluding carboxylic acids is 1. The van der Waals surface area contributed by atoms with Crippen molar-refractivity contribution < 1.29 is 13.9 Å². The molecule has 0 bridgehead atoms. The van der Waals surface area contributed by atoms with E-state index in [0.29, 0.717) is 30.9 Å². The number of nitrogens with one attached hydrogen (secondary N) is 1. The van der Waals surface area contributed by atoms with Crippen LogP contribution in [0.1, 0.15) is 42.2 Å². The van der Waals surface area contributed by atoms with Gasteiger partial charge in [-0.25, -0.2) is 4.39 Å². The van der Waals surface area contributed by atoms with E-state index in [2.05, 4.69) is 29.8 Å². The van der Waals surface area contributed by atoms with Crippen LogP contribution in [0.5, 0.6) is 5.75 Å². The fourth-order valence-electron chi connectivity index (χ4n) is 5.08. The summed E-state index contributed by atoms with van der Waals surface area (Å²) in [6.45, 7) is 5.31. The number of amides is 1. The van der Waals surface area contributed by atoms with Crippen LogP contribution in [0.15, 0.2) is 109 Å². The number of ether oxygens (including phenoxy) is 1. The number of aromatic nitrogens is 1. The van der Waals surface area contributed by atoms with Crippen molar-refractivity contribution in [3.63, 3.8) is 0 Å². The second-order valence-electron chi connectivity index (χ2n) is 9.91. The van der Waals surface area contributed by atoms with Gasteiger partial charge in [0.25, 0.3) is 5.91 Å². The van der Waals surface area contributed by atoms with Crippen molar-refractivity contribution in [3.05, 3.63) is 132 Å². The number of nitrogens with zero attached hydrogens (tertiary/aromatic N) is 1. The monoisotopic (exact) mass is 531 g/mol. The third-order valence-corrected chi connectivity index (χ3v) is 6.75. The molecule has 1 heterocycles. The zero-order chi connectivity index (χ0) is 27.9. The van der Waals surface area contributed by atoms with Crippen LogP contribution < -0.4 is 10.1 Å². The molecule has 1 N–H and O–H groups in total. The van der Waals surface area contributed by atoms with E-state index in [1.807, 2.05) is 84.9 Å². The van der Waals surface area contributed by atoms with E-state index in [1.165, 1.54) is 12.1 Å². The summed E-state index contributed by atoms with van der Waals surface area (Å²) in [6, 6.07) is 36.6. The summed E-state index contributed by atoms with van der Waals surface area (Å²) in [7, 11) is 0. The molecule has 0 spiro atoms. The fourth-order valence-corrected chi connectivity index (χ4v) is 5.08. The lowest BCUT2D eigenvalue weighted by atomic mass is 9.94. The Labute approximate surface area is 235 Å². The Bertz CT molecular complexity index is 1540. The second kappa shape index (κ2) is 12.5. The molecule has 0 fully saturated rings. The molecule has 1 amide bonds. The zero-order valence-corrected chi connectivity index (χ0v) is 22.7. The lowest BCUT2D eigenvalue weighted by molar-refractivity contribution is 0.102. The van der Waals surface area contributed by atoms with E-state index in [1.54, 1.807) is 12.1 Å². The van der Waals surface area contributed by atoms with Crippen molar-refractivity contribution in [2.45, 2.75) is 32.7 Å². The lowest BCUT2D eigenvalue weighted by Crippen LogP contribution is -2.17. The number of hydrogen-bond donors (Lipinski definition) is 1. The highest BCUT2D eigenvalue weighted by molar-refractivity contribution is 6.12. The minimum Gasteiger partial charge on any atom is -0.493 e. The molecule has 4 aromatic carbocycles. The highest BCUT2D eigenvalue weighted by Crippen LogP contribution is 2.42. The topological polar surface area (TPSA) is 43.3 Å². The van der Waals surface area contributed by atoms with Crippen molar-refractivity contribution in [1.82, 2.24) is 4.57 Å². The SMILES string of the molecule is CC(C)c1c(C(=O)Nc2ccccc2)c(-c2ccccc2)c(-c2ccc(F)cc2)n1CCCOc1[c]cccc1. The molecular weight excluding hydrogens is 499 g/mol. The number of carbonyl (C=O) groups is 1. The molecule has 5 rings (SSSR count). The second-order valence-corrected chi connectivity index (χ2v) is 9.91. The molecule has 201 valence electrons. The van der Waals surface area contributed by atoms with Gasteiger partial charge in [-0.05, 0) is 65.9 Å². The van der Waals surface area contributed by atoms with Crippen LogP contribution in [0.4, 0.5) is 10.1 Å². The van der Waals surface area contributed by atoms with Crippen LogP contribution >= 0.6 is 0 Å². The van der Waals surface area contributed by atoms with E-state index in [9.17, 15) is 9.18 Å². The largest absolute Gasteiger partial charge is 0.493 e. The highest BCUT2D eigenvalue weighted by Gasteiger charge is 2.30. The van der Waals surface area contributed by atoms with Crippen molar-refractivity contribution >= 4 is 11.6 Å². The number of hydrogen-bond acceptors (Lipinski definition) is 2. The minimum atomic E-state index is -0.304. The number of anilines is 1. The molecule has 0 aliphatic heterocycles. The summed E-state index contributed by atoms with van der Waals surface area (Å²) in [4.78, 5) is 14.1. The Morgan fingerprint density at radius 2 is 1.55 bits per heavy atom. The van der Waals surface area contributed by atoms with Crippen molar-refractivity contribution in [3.8, 4) is 28.1 Å². The van der Waals surface area contributed by atoms with Gasteiger partial charge in [-0.3, -0.25) is 4.79 Å². The van der Waals surface area contributed by atoms with Crippen LogP contribution in [-0.4, -0.2) is 17.1 Å². The predicted octanol–water partition coefficient (Wildman–Crippen LogP) is 8.61. The maximum Gasteiger partial charge on any atom is 0.258 e. The molecule has 4 nitrogen and oxygen atoms in total. The van der Waals surface area contributed by atoms with Crippen molar-refractivity contribution in [2.75, 3.05) is 11.9 Å². The van der Waals surface area contributed by atoms with E-state index in [0.717, 1.165) is 33.8 Å². The summed E-state index contributed by atoms with van der Waals surface area (Å²) in [5.41, 5.74) is 5.78. The molecule has 0 atom stereocenters. The van der Waals surface area contributed by atoms with E-state index in [-0.39, 0.29) is 17.6 Å². The summed E-state index contributed by atoms with van der Waals surface area (Å²) < 4.78 is 22.2. The first kappa shape index (κ1) is 26.9. The van der Waals surface area contributed by atoms with Gasteiger partial charge in [-0.2, -0.15) is 0 Å². The van der Waals surface area contributed by atoms with Gasteiger partial charge in [-0.15, -0.1) is 0 Å². The van der Waals surface area contributed by atoms with Gasteiger partial charge in [0.15, 0.2) is 0 Å². The molecule has 5 aromatic rings. The molecule has 0 saturated carbocycles. The van der Waals surface area contributed by atoms with E-state index < -0.39 is 0 Å². The highest BCUT2D eigenvalue weighted by atomic mass is 19.1. The first-order chi connectivity index (χ1) is 19.5. The molecule has 0 unspecified atom stereocenters. The molecule has 1 radical (unpaired) electrons. The maximum absolute atomic E-state index is 14.1. The first-order valence-electron chi connectivity index (χ1n) is 13.6. The third kappa shape index (κ3) is 5.99. The number of halogens is 1. The van der Waals surface area contributed by atoms with Crippen LogP contribution in [0.3, 0.4) is 0 Å². The summed E-state index contributed by atoms with van der Waals surface area (Å²) in [6.07, 6.45) is 0.708. The average Bonchev–Trinajstić information content (AvgIpc) is 3.33. The molecule has 0 aliphatic carbocycles. The Morgan fingerprint density at radius 3 is 2.20 bits per heavy atom. The Kier molecular flexibility index (Phi) is 8.41. The van der Waals surface area contributed by atoms with E-state index in [4.69, 9.17) is 4.74 Å². The molecule has 1 aromatic heterocycles. The van der Waals surface area contributed by atoms with Gasteiger partial charge >= 0.3 is 0 Å². The third-order valence-electron chi connectivity index (χ3n) is 6.75. The zero-order valence-electron chi connectivity index (χ0n) is 22.7. The maximum atomic E-state index is 14.1. The van der Waals surface area contributed by atoms with Gasteiger partial charge in [0.2, 0.25) is 0 Å². The standard InChI is InChI=1S/C35H32FN2O2/c1-25(2)33-32(35(39)37-29-15-8-4-9-16-29)31(26-13-6-3-7-14-26)34(27-19-21-28(36)22-20-27)38(33)23-12-24-40-30-17-10-5-11-18-30/h3-11,13-17,19-22,25H,12,23-24H2,1-2H3,(H,37,39). The number of para-hydroxylation sites is 2. The van der Waals surface area contributed by atoms with Crippen LogP contribution in [0, 0.1) is 11.9 Å². The molecular formula is C35H32FN2O2. The lowest BCUT2D eigenvalue weighted by Gasteiger charge is -2.17. The fraction of sp³-hybridized carbons (Fsp3) is 0.171. The van der Waals surface area contributed by atoms with Gasteiger partial charge in [0.05, 0.1) is 17.9 Å². The molecule has 0 aliphatic rings. The first-order valence-corrected chi connectivity index (χ1v) is 13.6. The van der Waals surface area contributed by atoms with Gasteiger partial charge in [-0.1, -0.05) is 80.6 Å². The van der Waals surface area contributed by atoms with Gasteiger partial charge < -0.3 is 14.6 Å². The summed E-state index contributed by atoms with van der Waals surface area (Å²) >= 11 is 0. The van der Waals surface area contributed by atoms with Gasteiger partial charge in [0, 0.05) is 29.6 Å². The van der Waals surface area contributed by atoms with Crippen LogP contribution in [-0.2, 0) is 6.54 Å². The van der Waals surface area contributed by atoms with Crippen LogP contribution in [0.25, 0.3) is 22.4 Å². The molecule has 0 saturated heterocycles. The van der Waals surface area contributed by atoms with E-state index >= 15 is 0 Å². The number of benzene rings is 4. The molecule has 5 heteroatoms. The summed E-state index contributed by atoms with van der Waals surface area (Å²) in [5, 5.41) is 3.11. The Morgan fingerprint density at radius 1 is 0.875 bits per heavy atom. The van der Waals surface area contributed by atoms with Crippen molar-refractivity contribution in [1.29, 1.82) is 0 Å². The molecule has 40 heavy (non-hydrogen) atoms. The van der Waals surface area contributed by atoms with Crippen molar-refractivity contribution in [2.24, 2.45) is 0 Å². The predicted molar refractivity (Wildman–Crippen MR) is 159 cm³/mol. The minimum absolute atomic E-state index is 0.0385. The number of rotatable bonds is 10. The Balaban J connectivity index is 1.65. The summed E-state index contributed by atoms with van der Waals surface area (Å²) in [5.74, 6) is 0.259. The van der Waals surface area contributed by atoms with Gasteiger partial charge in [0.1, 0.15) is 11.6 Å².